The number of nitrogens with zero attached hydrogens (tertiary/aromatic N) is 7. The molecule has 3 saturated heterocycles. The van der Waals surface area contributed by atoms with Crippen molar-refractivity contribution in [3.63, 3.8) is 0 Å². The van der Waals surface area contributed by atoms with Gasteiger partial charge in [0.25, 0.3) is 5.56 Å². The van der Waals surface area contributed by atoms with E-state index in [1.54, 1.807) is 0 Å². The largest absolute Gasteiger partial charge is 0.387 e. The maximum atomic E-state index is 15.9. The lowest BCUT2D eigenvalue weighted by atomic mass is 10.1. The molecule has 44 heavy (non-hydrogen) atoms. The highest BCUT2D eigenvalue weighted by atomic mass is 32.7. The number of H-pyrrole nitrogens is 1. The molecule has 236 valence electrons. The van der Waals surface area contributed by atoms with Gasteiger partial charge in [0.15, 0.2) is 41.3 Å². The number of thiol groups is 1. The SMILES string of the molecule is Nc1nc2c(ncn2[C@@H]2O[C@@H]3CO[PH](=O)O[C@@H]4[C@H](O)[C@@H](CO[P@](=O)(S)O[C@H]3[C@H]2F)O[C@H]4n2cnc3c(N)ncnc32)c(=O)[nH]1. The number of rotatable bonds is 2. The Balaban J connectivity index is 1.18. The number of aliphatic hydroxyl groups is 1. The highest BCUT2D eigenvalue weighted by molar-refractivity contribution is 8.44. The fourth-order valence-electron chi connectivity index (χ4n) is 5.22. The summed E-state index contributed by atoms with van der Waals surface area (Å²) in [5.74, 6) is -0.164. The quantitative estimate of drug-likeness (QED) is 0.137. The van der Waals surface area contributed by atoms with Gasteiger partial charge < -0.3 is 30.6 Å². The third-order valence-electron chi connectivity index (χ3n) is 7.22. The van der Waals surface area contributed by atoms with Crippen molar-refractivity contribution < 1.29 is 46.2 Å². The van der Waals surface area contributed by atoms with Gasteiger partial charge in [0.2, 0.25) is 5.95 Å². The summed E-state index contributed by atoms with van der Waals surface area (Å²) in [5.41, 5.74) is 11.1. The lowest BCUT2D eigenvalue weighted by Crippen LogP contribution is -2.34. The van der Waals surface area contributed by atoms with Gasteiger partial charge in [0.1, 0.15) is 42.4 Å². The lowest BCUT2D eigenvalue weighted by Gasteiger charge is -2.24. The Labute approximate surface area is 249 Å². The van der Waals surface area contributed by atoms with Crippen LogP contribution in [-0.4, -0.2) is 94.0 Å². The van der Waals surface area contributed by atoms with Crippen LogP contribution in [0.5, 0.6) is 0 Å². The number of alkyl halides is 1. The molecule has 6 N–H and O–H groups in total. The Bertz CT molecular complexity index is 1880. The van der Waals surface area contributed by atoms with Crippen LogP contribution in [0, 0.1) is 0 Å². The Morgan fingerprint density at radius 2 is 1.77 bits per heavy atom. The van der Waals surface area contributed by atoms with E-state index in [9.17, 15) is 19.0 Å². The van der Waals surface area contributed by atoms with Crippen LogP contribution in [0.1, 0.15) is 12.5 Å². The summed E-state index contributed by atoms with van der Waals surface area (Å²) in [7, 11) is -3.44. The number of fused-ring (bicyclic) bond motifs is 5. The van der Waals surface area contributed by atoms with Crippen LogP contribution in [0.2, 0.25) is 0 Å². The first-order valence-corrected chi connectivity index (χ1v) is 16.7. The third kappa shape index (κ3) is 5.10. The zero-order chi connectivity index (χ0) is 30.9. The summed E-state index contributed by atoms with van der Waals surface area (Å²) in [6, 6.07) is 0. The molecule has 4 aromatic rings. The lowest BCUT2D eigenvalue weighted by molar-refractivity contribution is -0.0563. The number of ether oxygens (including phenoxy) is 2. The van der Waals surface area contributed by atoms with Gasteiger partial charge in [-0.05, 0) is 0 Å². The molecule has 10 atom stereocenters. The van der Waals surface area contributed by atoms with Crippen molar-refractivity contribution in [3.05, 3.63) is 29.3 Å². The van der Waals surface area contributed by atoms with Crippen molar-refractivity contribution in [1.82, 2.24) is 39.0 Å². The monoisotopic (exact) mass is 676 g/mol. The highest BCUT2D eigenvalue weighted by Crippen LogP contribution is 2.57. The topological polar surface area (TPSA) is 269 Å². The minimum absolute atomic E-state index is 0.0854. The maximum absolute atomic E-state index is 15.9. The number of hydrogen-bond donors (Lipinski definition) is 5. The summed E-state index contributed by atoms with van der Waals surface area (Å²) in [4.78, 5) is 34.6. The highest BCUT2D eigenvalue weighted by Gasteiger charge is 2.52. The Hall–Kier alpha value is -3.04. The van der Waals surface area contributed by atoms with Crippen LogP contribution in [0.4, 0.5) is 16.2 Å². The zero-order valence-corrected chi connectivity index (χ0v) is 24.7. The Morgan fingerprint density at radius 1 is 1.05 bits per heavy atom. The Kier molecular flexibility index (Phi) is 7.47. The summed E-state index contributed by atoms with van der Waals surface area (Å²) in [5, 5.41) is 11.0. The molecule has 3 fully saturated rings. The van der Waals surface area contributed by atoms with Gasteiger partial charge in [0, 0.05) is 0 Å². The van der Waals surface area contributed by atoms with Gasteiger partial charge in [-0.2, -0.15) is 4.98 Å². The first kappa shape index (κ1) is 29.7. The molecule has 0 spiro atoms. The molecule has 7 heterocycles. The van der Waals surface area contributed by atoms with Crippen molar-refractivity contribution >= 4 is 61.4 Å². The molecule has 7 rings (SSSR count). The van der Waals surface area contributed by atoms with Gasteiger partial charge in [-0.3, -0.25) is 37.0 Å². The third-order valence-corrected chi connectivity index (χ3v) is 9.70. The van der Waals surface area contributed by atoms with Crippen molar-refractivity contribution in [3.8, 4) is 0 Å². The molecule has 0 saturated carbocycles. The number of imidazole rings is 2. The minimum Gasteiger partial charge on any atom is -0.387 e. The molecule has 0 amide bonds. The molecule has 3 aliphatic rings. The van der Waals surface area contributed by atoms with Gasteiger partial charge >= 0.3 is 15.1 Å². The average Bonchev–Trinajstić information content (AvgIpc) is 3.72. The predicted molar refractivity (Wildman–Crippen MR) is 148 cm³/mol. The van der Waals surface area contributed by atoms with E-state index in [4.69, 9.17) is 39.0 Å². The molecule has 3 aliphatic heterocycles. The van der Waals surface area contributed by atoms with Crippen molar-refractivity contribution in [2.75, 3.05) is 24.7 Å². The summed E-state index contributed by atoms with van der Waals surface area (Å²) < 4.78 is 78.4. The van der Waals surface area contributed by atoms with Crippen LogP contribution in [-0.2, 0) is 36.7 Å². The second kappa shape index (κ2) is 11.1. The van der Waals surface area contributed by atoms with Crippen LogP contribution in [0.25, 0.3) is 22.3 Å². The van der Waals surface area contributed by atoms with E-state index in [1.165, 1.54) is 17.2 Å². The fourth-order valence-corrected chi connectivity index (χ4v) is 7.55. The second-order valence-corrected chi connectivity index (χ2v) is 13.8. The molecular formula is C20H23FN10O10P2S. The molecule has 24 heteroatoms. The van der Waals surface area contributed by atoms with E-state index in [-0.39, 0.29) is 34.1 Å². The van der Waals surface area contributed by atoms with Gasteiger partial charge in [-0.1, -0.05) is 12.2 Å². The molecule has 2 bridgehead atoms. The van der Waals surface area contributed by atoms with Gasteiger partial charge in [-0.25, -0.2) is 28.9 Å². The number of nitrogens with two attached hydrogens (primary N) is 2. The molecule has 0 aliphatic carbocycles. The number of aromatic amines is 1. The minimum atomic E-state index is -4.38. The zero-order valence-electron chi connectivity index (χ0n) is 21.9. The second-order valence-electron chi connectivity index (χ2n) is 9.90. The number of aromatic nitrogens is 8. The van der Waals surface area contributed by atoms with E-state index in [1.807, 2.05) is 0 Å². The van der Waals surface area contributed by atoms with Gasteiger partial charge in [0.05, 0.1) is 25.9 Å². The standard InChI is InChI=1S/C20H23FN10O10P2S/c21-8-12-7(39-18(8)31-5-27-10-16(31)28-20(23)29-17(10)33)1-36-42(34)40-13-11(32)6(2-37-43(35,44)41-12)38-19(13)30-4-26-9-14(22)24-3-25-15(9)30/h3-8,11-13,18-19,32,42H,1-2H2,(H,35,44)(H2,22,24,25)(H3,23,28,29,33)/t6-,7-,8-,11-,12-,13-,18-,19-,43+/m1/s1. The van der Waals surface area contributed by atoms with E-state index < -0.39 is 83.0 Å². The van der Waals surface area contributed by atoms with Crippen molar-refractivity contribution in [2.45, 2.75) is 49.1 Å². The first-order valence-electron chi connectivity index (χ1n) is 12.8. The number of nitrogen functional groups attached to an aromatic ring is 2. The normalized spacial score (nSPS) is 36.6. The first-order chi connectivity index (χ1) is 21.0. The van der Waals surface area contributed by atoms with Crippen LogP contribution >= 0.6 is 27.3 Å². The van der Waals surface area contributed by atoms with E-state index in [2.05, 4.69) is 42.2 Å². The smallest absolute Gasteiger partial charge is 0.386 e. The molecule has 4 aromatic heterocycles. The maximum Gasteiger partial charge on any atom is 0.386 e. The number of hydrogen-bond acceptors (Lipinski definition) is 17. The summed E-state index contributed by atoms with van der Waals surface area (Å²) >= 11 is 3.99. The molecule has 20 nitrogen and oxygen atoms in total. The van der Waals surface area contributed by atoms with Crippen LogP contribution in [0.15, 0.2) is 23.8 Å². The van der Waals surface area contributed by atoms with E-state index in [0.717, 1.165) is 10.9 Å². The predicted octanol–water partition coefficient (Wildman–Crippen LogP) is -0.138. The molecule has 0 aromatic carbocycles. The number of anilines is 2. The van der Waals surface area contributed by atoms with Crippen LogP contribution in [0.3, 0.4) is 0 Å². The summed E-state index contributed by atoms with van der Waals surface area (Å²) in [6.45, 7) is -5.54. The van der Waals surface area contributed by atoms with Gasteiger partial charge in [-0.15, -0.1) is 0 Å². The van der Waals surface area contributed by atoms with Crippen LogP contribution < -0.4 is 17.0 Å². The Morgan fingerprint density at radius 3 is 2.57 bits per heavy atom. The van der Waals surface area contributed by atoms with Crippen molar-refractivity contribution in [1.29, 1.82) is 0 Å². The average molecular weight is 676 g/mol. The number of aliphatic hydroxyl groups excluding tert-OH is 1. The summed E-state index contributed by atoms with van der Waals surface area (Å²) in [6.07, 6.45) is -8.19. The van der Waals surface area contributed by atoms with E-state index in [0.29, 0.717) is 0 Å². The molecule has 0 radical (unpaired) electrons. The fraction of sp³-hybridized carbons (Fsp3) is 0.500. The number of nitrogens with one attached hydrogen (secondary N) is 1. The number of halogens is 1. The van der Waals surface area contributed by atoms with Crippen molar-refractivity contribution in [2.24, 2.45) is 0 Å². The molecular weight excluding hydrogens is 653 g/mol. The van der Waals surface area contributed by atoms with E-state index >= 15 is 4.39 Å². The molecule has 1 unspecified atom stereocenters.